The summed E-state index contributed by atoms with van der Waals surface area (Å²) in [7, 11) is 2.21. The number of nitrogens with zero attached hydrogens (tertiary/aromatic N) is 1. The van der Waals surface area contributed by atoms with Crippen LogP contribution in [0, 0.1) is 11.8 Å². The fraction of sp³-hybridized carbons (Fsp3) is 1.00. The smallest absolute Gasteiger partial charge is 0.000904 e. The molecule has 1 aliphatic rings. The van der Waals surface area contributed by atoms with Gasteiger partial charge in [0.2, 0.25) is 0 Å². The van der Waals surface area contributed by atoms with Crippen LogP contribution in [0.4, 0.5) is 0 Å². The quantitative estimate of drug-likeness (QED) is 0.631. The maximum absolute atomic E-state index is 2.42. The van der Waals surface area contributed by atoms with Crippen molar-refractivity contribution in [2.45, 2.75) is 40.5 Å². The Morgan fingerprint density at radius 1 is 1.25 bits per heavy atom. The Morgan fingerprint density at radius 3 is 2.08 bits per heavy atom. The zero-order valence-corrected chi connectivity index (χ0v) is 9.43. The van der Waals surface area contributed by atoms with Gasteiger partial charge in [-0.05, 0) is 31.8 Å². The van der Waals surface area contributed by atoms with Gasteiger partial charge in [-0.15, -0.1) is 0 Å². The van der Waals surface area contributed by atoms with E-state index in [1.54, 1.807) is 0 Å². The normalized spacial score (nSPS) is 27.5. The van der Waals surface area contributed by atoms with Gasteiger partial charge in [0.1, 0.15) is 0 Å². The predicted octanol–water partition coefficient (Wildman–Crippen LogP) is 3.01. The van der Waals surface area contributed by atoms with Crippen molar-refractivity contribution in [3.8, 4) is 0 Å². The summed E-state index contributed by atoms with van der Waals surface area (Å²) in [4.78, 5) is 2.42. The van der Waals surface area contributed by atoms with Crippen LogP contribution in [0.3, 0.4) is 0 Å². The molecule has 0 aromatic carbocycles. The first-order chi connectivity index (χ1) is 5.74. The Labute approximate surface area is 78.1 Å². The van der Waals surface area contributed by atoms with Crippen LogP contribution in [0.5, 0.6) is 0 Å². The van der Waals surface area contributed by atoms with Gasteiger partial charge < -0.3 is 4.90 Å². The number of hydrogen-bond acceptors (Lipinski definition) is 1. The van der Waals surface area contributed by atoms with Crippen molar-refractivity contribution in [1.29, 1.82) is 0 Å². The first-order valence-electron chi connectivity index (χ1n) is 5.42. The largest absolute Gasteiger partial charge is 0.306 e. The van der Waals surface area contributed by atoms with Gasteiger partial charge in [0, 0.05) is 6.54 Å². The summed E-state index contributed by atoms with van der Waals surface area (Å²) in [5, 5.41) is 0. The molecule has 0 amide bonds. The van der Waals surface area contributed by atoms with E-state index >= 15 is 0 Å². The van der Waals surface area contributed by atoms with Crippen molar-refractivity contribution in [2.24, 2.45) is 11.8 Å². The molecule has 74 valence electrons. The van der Waals surface area contributed by atoms with Crippen molar-refractivity contribution in [3.05, 3.63) is 0 Å². The average molecular weight is 171 g/mol. The highest BCUT2D eigenvalue weighted by molar-refractivity contribution is 4.78. The lowest BCUT2D eigenvalue weighted by Crippen LogP contribution is -2.34. The molecule has 12 heavy (non-hydrogen) atoms. The molecule has 0 spiro atoms. The molecule has 0 aromatic rings. The molecule has 0 radical (unpaired) electrons. The molecule has 1 aliphatic carbocycles. The van der Waals surface area contributed by atoms with Crippen molar-refractivity contribution in [2.75, 3.05) is 20.1 Å². The minimum atomic E-state index is 0.994. The van der Waals surface area contributed by atoms with Crippen LogP contribution >= 0.6 is 0 Å². The highest BCUT2D eigenvalue weighted by Crippen LogP contribution is 2.33. The van der Waals surface area contributed by atoms with Crippen LogP contribution in [0.1, 0.15) is 40.5 Å². The lowest BCUT2D eigenvalue weighted by molar-refractivity contribution is 0.139. The van der Waals surface area contributed by atoms with E-state index in [0.29, 0.717) is 0 Å². The summed E-state index contributed by atoms with van der Waals surface area (Å²) in [6.45, 7) is 11.1. The van der Waals surface area contributed by atoms with E-state index < -0.39 is 0 Å². The lowest BCUT2D eigenvalue weighted by Gasteiger charge is -2.36. The van der Waals surface area contributed by atoms with Crippen molar-refractivity contribution in [1.82, 2.24) is 4.90 Å². The van der Waals surface area contributed by atoms with Crippen molar-refractivity contribution < 1.29 is 0 Å². The molecule has 2 unspecified atom stereocenters. The van der Waals surface area contributed by atoms with Crippen LogP contribution in [-0.2, 0) is 0 Å². The second kappa shape index (κ2) is 6.47. The van der Waals surface area contributed by atoms with E-state index in [1.165, 1.54) is 25.9 Å². The van der Waals surface area contributed by atoms with E-state index in [9.17, 15) is 0 Å². The van der Waals surface area contributed by atoms with E-state index in [2.05, 4.69) is 25.8 Å². The third-order valence-corrected chi connectivity index (χ3v) is 2.88. The molecule has 1 fully saturated rings. The third kappa shape index (κ3) is 3.57. The van der Waals surface area contributed by atoms with Gasteiger partial charge in [0.15, 0.2) is 0 Å². The minimum Gasteiger partial charge on any atom is -0.306 e. The number of hydrogen-bond donors (Lipinski definition) is 0. The molecule has 0 saturated heterocycles. The molecule has 0 bridgehead atoms. The van der Waals surface area contributed by atoms with Gasteiger partial charge in [-0.2, -0.15) is 0 Å². The molecule has 1 nitrogen and oxygen atoms in total. The van der Waals surface area contributed by atoms with Crippen LogP contribution in [0.25, 0.3) is 0 Å². The second-order valence-corrected chi connectivity index (χ2v) is 3.67. The summed E-state index contributed by atoms with van der Waals surface area (Å²) < 4.78 is 0. The zero-order chi connectivity index (χ0) is 9.56. The zero-order valence-electron chi connectivity index (χ0n) is 9.43. The molecule has 1 rings (SSSR count). The molecule has 2 atom stereocenters. The SMILES string of the molecule is CC.CCN(C)CC1CCC1C. The topological polar surface area (TPSA) is 3.24 Å². The van der Waals surface area contributed by atoms with Crippen molar-refractivity contribution in [3.63, 3.8) is 0 Å². The Hall–Kier alpha value is -0.0400. The summed E-state index contributed by atoms with van der Waals surface area (Å²) in [5.74, 6) is 2.00. The molecule has 0 heterocycles. The molecular weight excluding hydrogens is 146 g/mol. The van der Waals surface area contributed by atoms with Crippen molar-refractivity contribution >= 4 is 0 Å². The van der Waals surface area contributed by atoms with E-state index in [4.69, 9.17) is 0 Å². The predicted molar refractivity (Wildman–Crippen MR) is 56.4 cm³/mol. The highest BCUT2D eigenvalue weighted by Gasteiger charge is 2.26. The van der Waals surface area contributed by atoms with Crippen LogP contribution in [-0.4, -0.2) is 25.0 Å². The Morgan fingerprint density at radius 2 is 1.83 bits per heavy atom. The Bertz CT molecular complexity index is 101. The Balaban J connectivity index is 0.000000561. The molecule has 1 heteroatoms. The van der Waals surface area contributed by atoms with Gasteiger partial charge >= 0.3 is 0 Å². The third-order valence-electron chi connectivity index (χ3n) is 2.88. The first-order valence-corrected chi connectivity index (χ1v) is 5.42. The van der Waals surface area contributed by atoms with Gasteiger partial charge in [-0.3, -0.25) is 0 Å². The maximum atomic E-state index is 2.42. The van der Waals surface area contributed by atoms with E-state index in [1.807, 2.05) is 13.8 Å². The molecular formula is C11H25N. The van der Waals surface area contributed by atoms with Crippen LogP contribution in [0.2, 0.25) is 0 Å². The molecule has 0 aromatic heterocycles. The molecule has 0 N–H and O–H groups in total. The number of rotatable bonds is 3. The van der Waals surface area contributed by atoms with E-state index in [0.717, 1.165) is 11.8 Å². The maximum Gasteiger partial charge on any atom is 0.000904 e. The summed E-state index contributed by atoms with van der Waals surface area (Å²) in [6.07, 6.45) is 2.92. The fourth-order valence-electron chi connectivity index (χ4n) is 1.54. The van der Waals surface area contributed by atoms with Crippen LogP contribution < -0.4 is 0 Å². The fourth-order valence-corrected chi connectivity index (χ4v) is 1.54. The highest BCUT2D eigenvalue weighted by atomic mass is 15.1. The standard InChI is InChI=1S/C9H19N.C2H6/c1-4-10(3)7-9-6-5-8(9)2;1-2/h8-9H,4-7H2,1-3H3;1-2H3. The van der Waals surface area contributed by atoms with Gasteiger partial charge in [-0.25, -0.2) is 0 Å². The Kier molecular flexibility index (Phi) is 6.45. The second-order valence-electron chi connectivity index (χ2n) is 3.67. The summed E-state index contributed by atoms with van der Waals surface area (Å²) in [5.41, 5.74) is 0. The molecule has 0 aliphatic heterocycles. The average Bonchev–Trinajstić information content (AvgIpc) is 2.14. The van der Waals surface area contributed by atoms with Crippen LogP contribution in [0.15, 0.2) is 0 Å². The monoisotopic (exact) mass is 171 g/mol. The van der Waals surface area contributed by atoms with Gasteiger partial charge in [0.05, 0.1) is 0 Å². The first kappa shape index (κ1) is 12.0. The van der Waals surface area contributed by atoms with E-state index in [-0.39, 0.29) is 0 Å². The van der Waals surface area contributed by atoms with Gasteiger partial charge in [-0.1, -0.05) is 34.1 Å². The summed E-state index contributed by atoms with van der Waals surface area (Å²) in [6, 6.07) is 0. The lowest BCUT2D eigenvalue weighted by atomic mass is 9.75. The molecule has 1 saturated carbocycles. The van der Waals surface area contributed by atoms with Gasteiger partial charge in [0.25, 0.3) is 0 Å². The summed E-state index contributed by atoms with van der Waals surface area (Å²) >= 11 is 0. The minimum absolute atomic E-state index is 0.994.